The van der Waals surface area contributed by atoms with E-state index in [0.717, 1.165) is 24.6 Å². The van der Waals surface area contributed by atoms with Gasteiger partial charge in [-0.3, -0.25) is 4.68 Å². The van der Waals surface area contributed by atoms with Gasteiger partial charge in [-0.25, -0.2) is 4.98 Å². The zero-order valence-corrected chi connectivity index (χ0v) is 8.25. The van der Waals surface area contributed by atoms with Gasteiger partial charge in [-0.05, 0) is 19.4 Å². The molecule has 2 heterocycles. The molecule has 0 saturated carbocycles. The lowest BCUT2D eigenvalue weighted by Crippen LogP contribution is -2.14. The van der Waals surface area contributed by atoms with Crippen molar-refractivity contribution in [2.24, 2.45) is 7.05 Å². The summed E-state index contributed by atoms with van der Waals surface area (Å²) in [7, 11) is 1.96. The average Bonchev–Trinajstić information content (AvgIpc) is 2.71. The van der Waals surface area contributed by atoms with Crippen molar-refractivity contribution in [1.29, 1.82) is 0 Å². The molecule has 13 heavy (non-hydrogen) atoms. The fourth-order valence-electron chi connectivity index (χ4n) is 1.80. The predicted molar refractivity (Wildman–Crippen MR) is 50.4 cm³/mol. The van der Waals surface area contributed by atoms with Gasteiger partial charge >= 0.3 is 0 Å². The van der Waals surface area contributed by atoms with Crippen LogP contribution in [0.2, 0.25) is 0 Å². The highest BCUT2D eigenvalue weighted by Crippen LogP contribution is 2.19. The summed E-state index contributed by atoms with van der Waals surface area (Å²) in [6.07, 6.45) is 3.37. The average molecular weight is 180 g/mol. The van der Waals surface area contributed by atoms with Crippen LogP contribution in [0.1, 0.15) is 37.5 Å². The van der Waals surface area contributed by atoms with E-state index in [1.54, 1.807) is 0 Å². The molecule has 1 aromatic heterocycles. The van der Waals surface area contributed by atoms with Crippen molar-refractivity contribution in [3.8, 4) is 0 Å². The monoisotopic (exact) mass is 180 g/mol. The summed E-state index contributed by atoms with van der Waals surface area (Å²) in [6.45, 7) is 3.21. The summed E-state index contributed by atoms with van der Waals surface area (Å²) >= 11 is 0. The first-order valence-corrected chi connectivity index (χ1v) is 4.94. The molecule has 1 aromatic rings. The first kappa shape index (κ1) is 8.69. The minimum Gasteiger partial charge on any atom is -0.307 e. The van der Waals surface area contributed by atoms with Gasteiger partial charge in [0.1, 0.15) is 5.82 Å². The van der Waals surface area contributed by atoms with E-state index in [-0.39, 0.29) is 0 Å². The van der Waals surface area contributed by atoms with Crippen LogP contribution in [0.25, 0.3) is 0 Å². The SMILES string of the molecule is CCc1nc(C2CCCN2)nn1C. The van der Waals surface area contributed by atoms with Gasteiger partial charge in [0, 0.05) is 13.5 Å². The predicted octanol–water partition coefficient (Wildman–Crippen LogP) is 0.802. The highest BCUT2D eigenvalue weighted by Gasteiger charge is 2.20. The molecule has 4 nitrogen and oxygen atoms in total. The Morgan fingerprint density at radius 3 is 3.00 bits per heavy atom. The molecule has 72 valence electrons. The third kappa shape index (κ3) is 1.58. The Kier molecular flexibility index (Phi) is 2.31. The van der Waals surface area contributed by atoms with Crippen LogP contribution < -0.4 is 5.32 Å². The molecule has 1 fully saturated rings. The molecular formula is C9H16N4. The van der Waals surface area contributed by atoms with E-state index in [2.05, 4.69) is 22.3 Å². The second-order valence-corrected chi connectivity index (χ2v) is 3.51. The molecule has 0 spiro atoms. The van der Waals surface area contributed by atoms with E-state index in [0.29, 0.717) is 6.04 Å². The third-order valence-electron chi connectivity index (χ3n) is 2.56. The Bertz CT molecular complexity index is 286. The number of nitrogens with one attached hydrogen (secondary N) is 1. The lowest BCUT2D eigenvalue weighted by molar-refractivity contribution is 0.594. The van der Waals surface area contributed by atoms with Gasteiger partial charge in [0.15, 0.2) is 5.82 Å². The number of hydrogen-bond acceptors (Lipinski definition) is 3. The first-order valence-electron chi connectivity index (χ1n) is 4.94. The van der Waals surface area contributed by atoms with Gasteiger partial charge in [-0.1, -0.05) is 6.92 Å². The zero-order chi connectivity index (χ0) is 9.26. The molecule has 2 rings (SSSR count). The maximum absolute atomic E-state index is 4.50. The van der Waals surface area contributed by atoms with Crippen LogP contribution in [-0.4, -0.2) is 21.3 Å². The Morgan fingerprint density at radius 1 is 1.62 bits per heavy atom. The number of rotatable bonds is 2. The van der Waals surface area contributed by atoms with E-state index >= 15 is 0 Å². The molecule has 1 atom stereocenters. The highest BCUT2D eigenvalue weighted by molar-refractivity contribution is 5.00. The molecule has 1 saturated heterocycles. The summed E-state index contributed by atoms with van der Waals surface area (Å²) in [5.74, 6) is 2.04. The molecule has 1 unspecified atom stereocenters. The maximum Gasteiger partial charge on any atom is 0.167 e. The number of nitrogens with zero attached hydrogens (tertiary/aromatic N) is 3. The smallest absolute Gasteiger partial charge is 0.167 e. The Balaban J connectivity index is 2.20. The molecule has 1 aliphatic rings. The molecule has 4 heteroatoms. The Labute approximate surface area is 78.4 Å². The number of hydrogen-bond donors (Lipinski definition) is 1. The number of aromatic nitrogens is 3. The molecule has 0 amide bonds. The van der Waals surface area contributed by atoms with Crippen LogP contribution in [0.3, 0.4) is 0 Å². The standard InChI is InChI=1S/C9H16N4/c1-3-8-11-9(12-13(8)2)7-5-4-6-10-7/h7,10H,3-6H2,1-2H3. The summed E-state index contributed by atoms with van der Waals surface area (Å²) in [5.41, 5.74) is 0. The molecule has 0 radical (unpaired) electrons. The summed E-state index contributed by atoms with van der Waals surface area (Å²) in [4.78, 5) is 4.50. The van der Waals surface area contributed by atoms with Gasteiger partial charge in [-0.15, -0.1) is 0 Å². The van der Waals surface area contributed by atoms with Crippen LogP contribution in [0.15, 0.2) is 0 Å². The van der Waals surface area contributed by atoms with Crippen molar-refractivity contribution in [3.05, 3.63) is 11.6 Å². The molecule has 1 N–H and O–H groups in total. The van der Waals surface area contributed by atoms with E-state index in [1.807, 2.05) is 11.7 Å². The van der Waals surface area contributed by atoms with E-state index in [4.69, 9.17) is 0 Å². The summed E-state index contributed by atoms with van der Waals surface area (Å²) < 4.78 is 1.88. The normalized spacial score (nSPS) is 22.5. The minimum absolute atomic E-state index is 0.395. The van der Waals surface area contributed by atoms with Crippen LogP contribution in [0.4, 0.5) is 0 Å². The Morgan fingerprint density at radius 2 is 2.46 bits per heavy atom. The van der Waals surface area contributed by atoms with Gasteiger partial charge in [0.05, 0.1) is 6.04 Å². The topological polar surface area (TPSA) is 42.7 Å². The van der Waals surface area contributed by atoms with Gasteiger partial charge in [0.2, 0.25) is 0 Å². The Hall–Kier alpha value is -0.900. The van der Waals surface area contributed by atoms with Gasteiger partial charge in [-0.2, -0.15) is 5.10 Å². The second-order valence-electron chi connectivity index (χ2n) is 3.51. The lowest BCUT2D eigenvalue weighted by atomic mass is 10.2. The van der Waals surface area contributed by atoms with E-state index in [9.17, 15) is 0 Å². The summed E-state index contributed by atoms with van der Waals surface area (Å²) in [6, 6.07) is 0.395. The second kappa shape index (κ2) is 3.46. The first-order chi connectivity index (χ1) is 6.31. The van der Waals surface area contributed by atoms with E-state index in [1.165, 1.54) is 12.8 Å². The molecule has 1 aliphatic heterocycles. The molecule has 0 aromatic carbocycles. The van der Waals surface area contributed by atoms with Crippen LogP contribution in [0.5, 0.6) is 0 Å². The zero-order valence-electron chi connectivity index (χ0n) is 8.25. The van der Waals surface area contributed by atoms with Crippen LogP contribution in [0, 0.1) is 0 Å². The van der Waals surface area contributed by atoms with Gasteiger partial charge in [0.25, 0.3) is 0 Å². The highest BCUT2D eigenvalue weighted by atomic mass is 15.3. The van der Waals surface area contributed by atoms with Crippen molar-refractivity contribution in [2.45, 2.75) is 32.2 Å². The third-order valence-corrected chi connectivity index (χ3v) is 2.56. The fourth-order valence-corrected chi connectivity index (χ4v) is 1.80. The van der Waals surface area contributed by atoms with Crippen LogP contribution in [-0.2, 0) is 13.5 Å². The summed E-state index contributed by atoms with van der Waals surface area (Å²) in [5, 5.41) is 7.81. The van der Waals surface area contributed by atoms with Crippen molar-refractivity contribution in [1.82, 2.24) is 20.1 Å². The molecule has 0 bridgehead atoms. The van der Waals surface area contributed by atoms with Gasteiger partial charge < -0.3 is 5.32 Å². The van der Waals surface area contributed by atoms with Crippen molar-refractivity contribution < 1.29 is 0 Å². The fraction of sp³-hybridized carbons (Fsp3) is 0.778. The number of aryl methyl sites for hydroxylation is 2. The van der Waals surface area contributed by atoms with Crippen molar-refractivity contribution in [3.63, 3.8) is 0 Å². The van der Waals surface area contributed by atoms with E-state index < -0.39 is 0 Å². The lowest BCUT2D eigenvalue weighted by Gasteiger charge is -2.02. The molecular weight excluding hydrogens is 164 g/mol. The quantitative estimate of drug-likeness (QED) is 0.732. The van der Waals surface area contributed by atoms with Crippen molar-refractivity contribution >= 4 is 0 Å². The van der Waals surface area contributed by atoms with Crippen molar-refractivity contribution in [2.75, 3.05) is 6.54 Å². The minimum atomic E-state index is 0.395. The molecule has 0 aliphatic carbocycles. The van der Waals surface area contributed by atoms with Crippen LogP contribution >= 0.6 is 0 Å². The largest absolute Gasteiger partial charge is 0.307 e. The maximum atomic E-state index is 4.50.